The van der Waals surface area contributed by atoms with Crippen molar-refractivity contribution >= 4 is 11.7 Å². The van der Waals surface area contributed by atoms with Gasteiger partial charge in [0.2, 0.25) is 0 Å². The van der Waals surface area contributed by atoms with Crippen LogP contribution < -0.4 is 0 Å². The number of rotatable bonds is 8. The van der Waals surface area contributed by atoms with Gasteiger partial charge in [0, 0.05) is 18.6 Å². The lowest BCUT2D eigenvalue weighted by atomic mass is 9.47. The summed E-state index contributed by atoms with van der Waals surface area (Å²) in [6.07, 6.45) is 15.9. The molecule has 0 heterocycles. The fourth-order valence-corrected chi connectivity index (χ4v) is 9.72. The van der Waals surface area contributed by atoms with Crippen LogP contribution in [0.1, 0.15) is 116 Å². The summed E-state index contributed by atoms with van der Waals surface area (Å²) in [7, 11) is 0. The number of non-ortho nitro benzene ring substituents is 1. The number of hydrogen-bond acceptors (Lipinski definition) is 4. The monoisotopic (exact) mass is 535 g/mol. The topological polar surface area (TPSA) is 69.4 Å². The van der Waals surface area contributed by atoms with Crippen molar-refractivity contribution in [1.82, 2.24) is 0 Å². The van der Waals surface area contributed by atoms with E-state index < -0.39 is 10.9 Å². The summed E-state index contributed by atoms with van der Waals surface area (Å²) in [6, 6.07) is 5.87. The predicted molar refractivity (Wildman–Crippen MR) is 155 cm³/mol. The molecule has 1 aromatic carbocycles. The maximum absolute atomic E-state index is 12.8. The zero-order chi connectivity index (χ0) is 27.9. The summed E-state index contributed by atoms with van der Waals surface area (Å²) in [5.41, 5.74) is 2.37. The Bertz CT molecular complexity index is 1110. The number of fused-ring (bicyclic) bond motifs is 5. The van der Waals surface area contributed by atoms with Gasteiger partial charge in [-0.15, -0.1) is 0 Å². The van der Waals surface area contributed by atoms with Crippen molar-refractivity contribution in [3.8, 4) is 0 Å². The van der Waals surface area contributed by atoms with E-state index in [1.54, 1.807) is 12.1 Å². The molecule has 0 radical (unpaired) electrons. The van der Waals surface area contributed by atoms with Gasteiger partial charge in [-0.3, -0.25) is 10.1 Å². The van der Waals surface area contributed by atoms with Crippen LogP contribution in [-0.4, -0.2) is 17.0 Å². The lowest BCUT2D eigenvalue weighted by Crippen LogP contribution is -2.51. The van der Waals surface area contributed by atoms with Gasteiger partial charge < -0.3 is 4.74 Å². The molecule has 0 saturated heterocycles. The van der Waals surface area contributed by atoms with Crippen molar-refractivity contribution < 1.29 is 14.5 Å². The van der Waals surface area contributed by atoms with E-state index in [4.69, 9.17) is 4.74 Å². The molecule has 0 aromatic heterocycles. The Morgan fingerprint density at radius 3 is 2.62 bits per heavy atom. The second-order valence-electron chi connectivity index (χ2n) is 14.4. The zero-order valence-electron chi connectivity index (χ0n) is 24.8. The highest BCUT2D eigenvalue weighted by atomic mass is 16.6. The van der Waals surface area contributed by atoms with Crippen LogP contribution in [0.5, 0.6) is 0 Å². The van der Waals surface area contributed by atoms with E-state index in [1.165, 1.54) is 69.1 Å². The maximum Gasteiger partial charge on any atom is 0.338 e. The molecule has 5 heteroatoms. The van der Waals surface area contributed by atoms with E-state index in [2.05, 4.69) is 40.7 Å². The van der Waals surface area contributed by atoms with Crippen molar-refractivity contribution in [2.45, 2.75) is 111 Å². The summed E-state index contributed by atoms with van der Waals surface area (Å²) in [6.45, 7) is 12.4. The second-order valence-corrected chi connectivity index (χ2v) is 14.4. The molecule has 0 aliphatic heterocycles. The quantitative estimate of drug-likeness (QED) is 0.144. The molecule has 1 aromatic rings. The van der Waals surface area contributed by atoms with Gasteiger partial charge in [-0.25, -0.2) is 4.79 Å². The van der Waals surface area contributed by atoms with Crippen LogP contribution in [0.3, 0.4) is 0 Å². The molecule has 3 fully saturated rings. The van der Waals surface area contributed by atoms with Gasteiger partial charge in [0.1, 0.15) is 6.10 Å². The van der Waals surface area contributed by atoms with Crippen molar-refractivity contribution in [2.24, 2.45) is 46.3 Å². The van der Waals surface area contributed by atoms with Crippen LogP contribution in [-0.2, 0) is 4.74 Å². The normalized spacial score (nSPS) is 36.4. The molecule has 214 valence electrons. The SMILES string of the molecule is CC(C)CCC[C@H](C)[C@@H]1CC[C@@H]2[C@H]3CC=C4C[C@@H](OC(=O)c5cccc([N+](=O)[O-])c5)CC[C@]4(C)[C@@H]3CC[C@@]21C. The standard InChI is InChI=1S/C34H49NO4/c1-22(2)8-6-9-23(3)29-14-15-30-28-13-12-25-21-27(16-18-33(25,4)31(28)17-19-34(29,30)5)39-32(36)24-10-7-11-26(20-24)35(37)38/h7,10-12,20,22-23,27-31H,6,8-9,13-19,21H2,1-5H3/t23-,27-,28+,29-,30+,31+,33-,34+/m0/s1. The first-order chi connectivity index (χ1) is 18.5. The second kappa shape index (κ2) is 11.0. The molecule has 3 saturated carbocycles. The van der Waals surface area contributed by atoms with Crippen LogP contribution in [0.15, 0.2) is 35.9 Å². The van der Waals surface area contributed by atoms with Gasteiger partial charge in [0.05, 0.1) is 10.5 Å². The molecule has 0 amide bonds. The third-order valence-electron chi connectivity index (χ3n) is 11.8. The smallest absolute Gasteiger partial charge is 0.338 e. The first-order valence-electron chi connectivity index (χ1n) is 15.7. The van der Waals surface area contributed by atoms with Crippen LogP contribution in [0.4, 0.5) is 5.69 Å². The first-order valence-corrected chi connectivity index (χ1v) is 15.7. The number of benzene rings is 1. The highest BCUT2D eigenvalue weighted by Gasteiger charge is 2.59. The minimum absolute atomic E-state index is 0.0786. The Morgan fingerprint density at radius 1 is 1.08 bits per heavy atom. The lowest BCUT2D eigenvalue weighted by molar-refractivity contribution is -0.384. The van der Waals surface area contributed by atoms with Crippen molar-refractivity contribution in [1.29, 1.82) is 0 Å². The molecular formula is C34H49NO4. The molecule has 0 N–H and O–H groups in total. The molecule has 4 aliphatic carbocycles. The highest BCUT2D eigenvalue weighted by molar-refractivity contribution is 5.90. The minimum atomic E-state index is -0.471. The molecule has 5 rings (SSSR count). The van der Waals surface area contributed by atoms with Gasteiger partial charge in [-0.2, -0.15) is 0 Å². The Kier molecular flexibility index (Phi) is 8.01. The summed E-state index contributed by atoms with van der Waals surface area (Å²) >= 11 is 0. The first kappa shape index (κ1) is 28.4. The fourth-order valence-electron chi connectivity index (χ4n) is 9.72. The summed E-state index contributed by atoms with van der Waals surface area (Å²) in [4.78, 5) is 23.5. The average molecular weight is 536 g/mol. The number of nitro benzene ring substituents is 1. The molecule has 5 nitrogen and oxygen atoms in total. The van der Waals surface area contributed by atoms with E-state index in [0.717, 1.165) is 54.8 Å². The van der Waals surface area contributed by atoms with Crippen molar-refractivity contribution in [2.75, 3.05) is 0 Å². The number of hydrogen-bond donors (Lipinski definition) is 0. The number of carbonyl (C=O) groups is 1. The number of carbonyl (C=O) groups excluding carboxylic acids is 1. The summed E-state index contributed by atoms with van der Waals surface area (Å²) < 4.78 is 5.91. The Labute approximate surface area is 235 Å². The number of nitrogens with zero attached hydrogens (tertiary/aromatic N) is 1. The van der Waals surface area contributed by atoms with Gasteiger partial charge in [-0.05, 0) is 97.3 Å². The van der Waals surface area contributed by atoms with E-state index >= 15 is 0 Å². The lowest BCUT2D eigenvalue weighted by Gasteiger charge is -2.58. The van der Waals surface area contributed by atoms with E-state index in [1.807, 2.05) is 0 Å². The number of allylic oxidation sites excluding steroid dienone is 1. The molecule has 0 spiro atoms. The number of nitro groups is 1. The zero-order valence-corrected chi connectivity index (χ0v) is 24.8. The van der Waals surface area contributed by atoms with Crippen LogP contribution in [0, 0.1) is 56.5 Å². The fraction of sp³-hybridized carbons (Fsp3) is 0.735. The Morgan fingerprint density at radius 2 is 1.87 bits per heavy atom. The van der Waals surface area contributed by atoms with E-state index in [9.17, 15) is 14.9 Å². The summed E-state index contributed by atoms with van der Waals surface area (Å²) in [5, 5.41) is 11.1. The predicted octanol–water partition coefficient (Wildman–Crippen LogP) is 9.16. The molecule has 4 aliphatic rings. The molecular weight excluding hydrogens is 486 g/mol. The third kappa shape index (κ3) is 5.32. The number of esters is 1. The third-order valence-corrected chi connectivity index (χ3v) is 11.8. The molecule has 8 atom stereocenters. The molecule has 0 unspecified atom stereocenters. The van der Waals surface area contributed by atoms with Gasteiger partial charge in [-0.1, -0.05) is 71.6 Å². The number of ether oxygens (including phenoxy) is 1. The van der Waals surface area contributed by atoms with Crippen molar-refractivity contribution in [3.63, 3.8) is 0 Å². The molecule has 39 heavy (non-hydrogen) atoms. The van der Waals surface area contributed by atoms with Crippen LogP contribution in [0.2, 0.25) is 0 Å². The van der Waals surface area contributed by atoms with E-state index in [0.29, 0.717) is 5.41 Å². The van der Waals surface area contributed by atoms with Crippen LogP contribution >= 0.6 is 0 Å². The molecule has 0 bridgehead atoms. The van der Waals surface area contributed by atoms with Gasteiger partial charge in [0.25, 0.3) is 5.69 Å². The largest absolute Gasteiger partial charge is 0.458 e. The van der Waals surface area contributed by atoms with E-state index in [-0.39, 0.29) is 22.8 Å². The van der Waals surface area contributed by atoms with Crippen LogP contribution in [0.25, 0.3) is 0 Å². The maximum atomic E-state index is 12.8. The Balaban J connectivity index is 1.25. The summed E-state index contributed by atoms with van der Waals surface area (Å²) in [5.74, 6) is 4.42. The van der Waals surface area contributed by atoms with Gasteiger partial charge in [0.15, 0.2) is 0 Å². The highest BCUT2D eigenvalue weighted by Crippen LogP contribution is 2.67. The minimum Gasteiger partial charge on any atom is -0.458 e. The van der Waals surface area contributed by atoms with Crippen molar-refractivity contribution in [3.05, 3.63) is 51.6 Å². The Hall–Kier alpha value is -2.17. The van der Waals surface area contributed by atoms with Gasteiger partial charge >= 0.3 is 5.97 Å². The average Bonchev–Trinajstić information content (AvgIpc) is 3.26.